The van der Waals surface area contributed by atoms with E-state index in [-0.39, 0.29) is 18.0 Å². The molecule has 206 valence electrons. The van der Waals surface area contributed by atoms with Crippen LogP contribution in [0.15, 0.2) is 72.9 Å². The van der Waals surface area contributed by atoms with Crippen LogP contribution in [0, 0.1) is 27.7 Å². The average Bonchev–Trinajstić information content (AvgIpc) is 3.43. The summed E-state index contributed by atoms with van der Waals surface area (Å²) < 4.78 is 2.35. The van der Waals surface area contributed by atoms with Crippen molar-refractivity contribution in [2.24, 2.45) is 0 Å². The van der Waals surface area contributed by atoms with Crippen LogP contribution in [-0.4, -0.2) is 32.0 Å². The molecule has 1 aliphatic rings. The second kappa shape index (κ2) is 11.6. The zero-order chi connectivity index (χ0) is 28.4. The molecule has 0 saturated carbocycles. The topological polar surface area (TPSA) is 62.2 Å². The molecule has 2 N–H and O–H groups in total. The molecule has 3 heterocycles. The van der Waals surface area contributed by atoms with Crippen LogP contribution in [-0.2, 0) is 11.2 Å². The molecule has 5 rings (SSSR count). The molecule has 4 aromatic rings. The fourth-order valence-corrected chi connectivity index (χ4v) is 6.29. The van der Waals surface area contributed by atoms with E-state index in [2.05, 4.69) is 90.0 Å². The number of aryl methyl sites for hydroxylation is 4. The molecular formula is C33H37N5OS. The Hall–Kier alpha value is -3.97. The van der Waals surface area contributed by atoms with Gasteiger partial charge >= 0.3 is 0 Å². The molecule has 2 atom stereocenters. The third-order valence-electron chi connectivity index (χ3n) is 7.90. The average molecular weight is 552 g/mol. The molecule has 2 aromatic heterocycles. The zero-order valence-corrected chi connectivity index (χ0v) is 24.7. The summed E-state index contributed by atoms with van der Waals surface area (Å²) in [4.78, 5) is 20.0. The third kappa shape index (κ3) is 5.26. The van der Waals surface area contributed by atoms with E-state index in [9.17, 15) is 4.79 Å². The van der Waals surface area contributed by atoms with E-state index in [0.717, 1.165) is 29.1 Å². The van der Waals surface area contributed by atoms with Crippen LogP contribution in [0.5, 0.6) is 0 Å². The van der Waals surface area contributed by atoms with Gasteiger partial charge in [0, 0.05) is 36.2 Å². The molecule has 0 radical (unpaired) electrons. The van der Waals surface area contributed by atoms with E-state index in [0.29, 0.717) is 18.1 Å². The Balaban J connectivity index is 1.49. The number of aromatic nitrogens is 2. The maximum Gasteiger partial charge on any atom is 0.226 e. The number of carbonyl (C=O) groups is 1. The zero-order valence-electron chi connectivity index (χ0n) is 23.9. The number of hydrogen-bond acceptors (Lipinski definition) is 3. The first-order valence-corrected chi connectivity index (χ1v) is 14.3. The predicted molar refractivity (Wildman–Crippen MR) is 166 cm³/mol. The molecule has 0 bridgehead atoms. The van der Waals surface area contributed by atoms with Crippen molar-refractivity contribution in [2.75, 3.05) is 11.9 Å². The summed E-state index contributed by atoms with van der Waals surface area (Å²) >= 11 is 5.88. The molecule has 0 spiro atoms. The van der Waals surface area contributed by atoms with E-state index in [1.54, 1.807) is 0 Å². The van der Waals surface area contributed by atoms with Gasteiger partial charge in [0.05, 0.1) is 23.5 Å². The summed E-state index contributed by atoms with van der Waals surface area (Å²) in [7, 11) is 0. The summed E-state index contributed by atoms with van der Waals surface area (Å²) in [6.07, 6.45) is 3.00. The molecule has 1 aliphatic heterocycles. The van der Waals surface area contributed by atoms with Gasteiger partial charge in [0.25, 0.3) is 0 Å². The van der Waals surface area contributed by atoms with Gasteiger partial charge < -0.3 is 20.1 Å². The third-order valence-corrected chi connectivity index (χ3v) is 8.25. The monoisotopic (exact) mass is 551 g/mol. The van der Waals surface area contributed by atoms with Gasteiger partial charge in [-0.05, 0) is 92.9 Å². The Morgan fingerprint density at radius 1 is 1.00 bits per heavy atom. The van der Waals surface area contributed by atoms with Crippen LogP contribution < -0.4 is 10.6 Å². The van der Waals surface area contributed by atoms with E-state index < -0.39 is 0 Å². The van der Waals surface area contributed by atoms with Gasteiger partial charge in [-0.2, -0.15) is 0 Å². The van der Waals surface area contributed by atoms with Crippen molar-refractivity contribution in [3.8, 4) is 5.69 Å². The summed E-state index contributed by atoms with van der Waals surface area (Å²) in [5, 5.41) is 7.28. The van der Waals surface area contributed by atoms with Crippen molar-refractivity contribution >= 4 is 28.9 Å². The molecule has 40 heavy (non-hydrogen) atoms. The number of rotatable bonds is 8. The number of para-hydroxylation sites is 2. The number of benzene rings is 2. The number of thiocarbonyl (C=S) groups is 1. The van der Waals surface area contributed by atoms with Crippen molar-refractivity contribution in [3.05, 3.63) is 112 Å². The normalized spacial score (nSPS) is 16.7. The fraction of sp³-hybridized carbons (Fsp3) is 0.303. The highest BCUT2D eigenvalue weighted by Crippen LogP contribution is 2.42. The first-order valence-electron chi connectivity index (χ1n) is 13.9. The van der Waals surface area contributed by atoms with Crippen molar-refractivity contribution in [1.29, 1.82) is 0 Å². The molecular weight excluding hydrogens is 514 g/mol. The highest BCUT2D eigenvalue weighted by molar-refractivity contribution is 7.80. The Bertz CT molecular complexity index is 1520. The minimum absolute atomic E-state index is 0.0234. The number of amides is 1. The smallest absolute Gasteiger partial charge is 0.226 e. The Morgan fingerprint density at radius 3 is 2.42 bits per heavy atom. The first-order chi connectivity index (χ1) is 19.3. The maximum absolute atomic E-state index is 13.1. The largest absolute Gasteiger partial charge is 0.352 e. The van der Waals surface area contributed by atoms with Crippen molar-refractivity contribution in [2.45, 2.75) is 59.5 Å². The van der Waals surface area contributed by atoms with Crippen molar-refractivity contribution in [1.82, 2.24) is 19.8 Å². The van der Waals surface area contributed by atoms with E-state index in [1.807, 2.05) is 42.6 Å². The Morgan fingerprint density at radius 2 is 1.73 bits per heavy atom. The Kier molecular flexibility index (Phi) is 8.03. The Labute approximate surface area is 242 Å². The van der Waals surface area contributed by atoms with Crippen molar-refractivity contribution in [3.63, 3.8) is 0 Å². The number of nitrogens with one attached hydrogen (secondary N) is 2. The predicted octanol–water partition coefficient (Wildman–Crippen LogP) is 6.67. The molecule has 0 aliphatic carbocycles. The summed E-state index contributed by atoms with van der Waals surface area (Å²) in [6, 6.07) is 22.4. The lowest BCUT2D eigenvalue weighted by Gasteiger charge is -2.28. The van der Waals surface area contributed by atoms with Crippen LogP contribution in [0.3, 0.4) is 0 Å². The van der Waals surface area contributed by atoms with Gasteiger partial charge in [-0.15, -0.1) is 0 Å². The second-order valence-electron chi connectivity index (χ2n) is 10.5. The maximum atomic E-state index is 13.1. The van der Waals surface area contributed by atoms with Gasteiger partial charge in [-0.1, -0.05) is 49.4 Å². The summed E-state index contributed by atoms with van der Waals surface area (Å²) in [5.41, 5.74) is 10.1. The van der Waals surface area contributed by atoms with Crippen LogP contribution >= 0.6 is 12.2 Å². The molecule has 0 unspecified atom stereocenters. The molecule has 1 fully saturated rings. The van der Waals surface area contributed by atoms with Crippen LogP contribution in [0.4, 0.5) is 5.69 Å². The lowest BCUT2D eigenvalue weighted by Crippen LogP contribution is -2.33. The number of carbonyl (C=O) groups excluding carboxylic acids is 1. The summed E-state index contributed by atoms with van der Waals surface area (Å²) in [5.74, 6) is -0.0234. The minimum atomic E-state index is -0.135. The highest BCUT2D eigenvalue weighted by Gasteiger charge is 2.41. The van der Waals surface area contributed by atoms with Crippen LogP contribution in [0.2, 0.25) is 0 Å². The molecule has 1 saturated heterocycles. The lowest BCUT2D eigenvalue weighted by molar-refractivity contribution is -0.116. The van der Waals surface area contributed by atoms with Crippen LogP contribution in [0.25, 0.3) is 5.69 Å². The second-order valence-corrected chi connectivity index (χ2v) is 10.9. The first kappa shape index (κ1) is 27.6. The number of nitrogens with zero attached hydrogens (tertiary/aromatic N) is 3. The fourth-order valence-electron chi connectivity index (χ4n) is 5.96. The van der Waals surface area contributed by atoms with Gasteiger partial charge in [-0.3, -0.25) is 9.78 Å². The minimum Gasteiger partial charge on any atom is -0.352 e. The molecule has 2 aromatic carbocycles. The number of anilines is 1. The van der Waals surface area contributed by atoms with Gasteiger partial charge in [0.15, 0.2) is 5.11 Å². The van der Waals surface area contributed by atoms with E-state index in [1.165, 1.54) is 28.1 Å². The SMILES string of the molecule is CCc1ccccc1NC(=O)CCN1C(=S)N[C@@H](c2ccccn2)[C@H]1c1cc(C)n(-c2c(C)cccc2C)c1C. The van der Waals surface area contributed by atoms with Crippen molar-refractivity contribution < 1.29 is 4.79 Å². The quantitative estimate of drug-likeness (QED) is 0.240. The van der Waals surface area contributed by atoms with E-state index in [4.69, 9.17) is 12.2 Å². The van der Waals surface area contributed by atoms with Gasteiger partial charge in [0.2, 0.25) is 5.91 Å². The number of pyridine rings is 1. The number of hydrogen-bond donors (Lipinski definition) is 2. The standard InChI is InChI=1S/C33H37N5OS/c1-6-25-14-7-8-15-27(25)35-29(39)17-19-37-32(30(36-33(37)40)28-16-9-10-18-34-28)26-20-23(4)38(24(26)5)31-21(2)12-11-13-22(31)3/h7-16,18,20,30,32H,6,17,19H2,1-5H3,(H,35,39)(H,36,40)/t30-,32+/m0/s1. The summed E-state index contributed by atoms with van der Waals surface area (Å²) in [6.45, 7) is 11.2. The highest BCUT2D eigenvalue weighted by atomic mass is 32.1. The van der Waals surface area contributed by atoms with E-state index >= 15 is 0 Å². The molecule has 1 amide bonds. The lowest BCUT2D eigenvalue weighted by atomic mass is 9.96. The molecule has 6 nitrogen and oxygen atoms in total. The van der Waals surface area contributed by atoms with Gasteiger partial charge in [0.1, 0.15) is 0 Å². The van der Waals surface area contributed by atoms with Crippen LogP contribution in [0.1, 0.15) is 64.8 Å². The van der Waals surface area contributed by atoms with Gasteiger partial charge in [-0.25, -0.2) is 0 Å². The molecule has 7 heteroatoms.